The summed E-state index contributed by atoms with van der Waals surface area (Å²) in [6.07, 6.45) is 4.45. The summed E-state index contributed by atoms with van der Waals surface area (Å²) in [6, 6.07) is 17.9. The molecule has 0 fully saturated rings. The van der Waals surface area contributed by atoms with Crippen molar-refractivity contribution < 1.29 is 9.53 Å². The lowest BCUT2D eigenvalue weighted by molar-refractivity contribution is 0.246. The van der Waals surface area contributed by atoms with Gasteiger partial charge in [-0.2, -0.15) is 0 Å². The minimum atomic E-state index is -0.0683. The average molecular weight is 359 g/mol. The van der Waals surface area contributed by atoms with E-state index in [0.717, 1.165) is 34.5 Å². The number of carbonyl (C=O) groups excluding carboxylic acids is 1. The van der Waals surface area contributed by atoms with Crippen LogP contribution >= 0.6 is 0 Å². The fourth-order valence-electron chi connectivity index (χ4n) is 3.35. The summed E-state index contributed by atoms with van der Waals surface area (Å²) in [6.45, 7) is 1.19. The number of ether oxygens (including phenoxy) is 1. The number of rotatable bonds is 4. The fraction of sp³-hybridized carbons (Fsp3) is 0.182. The van der Waals surface area contributed by atoms with Crippen LogP contribution in [0.1, 0.15) is 11.1 Å². The van der Waals surface area contributed by atoms with E-state index in [-0.39, 0.29) is 6.03 Å². The van der Waals surface area contributed by atoms with E-state index < -0.39 is 0 Å². The van der Waals surface area contributed by atoms with Crippen molar-refractivity contribution in [3.05, 3.63) is 78.1 Å². The Hall–Kier alpha value is -3.34. The molecule has 1 N–H and O–H groups in total. The van der Waals surface area contributed by atoms with Gasteiger partial charge in [0, 0.05) is 31.2 Å². The number of methoxy groups -OCH3 is 1. The summed E-state index contributed by atoms with van der Waals surface area (Å²) in [5.41, 5.74) is 5.51. The molecule has 3 aromatic rings. The van der Waals surface area contributed by atoms with Gasteiger partial charge in [-0.15, -0.1) is 0 Å². The maximum atomic E-state index is 12.6. The van der Waals surface area contributed by atoms with Gasteiger partial charge >= 0.3 is 6.03 Å². The van der Waals surface area contributed by atoms with Crippen molar-refractivity contribution in [2.45, 2.75) is 13.0 Å². The highest BCUT2D eigenvalue weighted by molar-refractivity contribution is 5.94. The van der Waals surface area contributed by atoms with Crippen LogP contribution in [0.25, 0.3) is 11.1 Å². The van der Waals surface area contributed by atoms with Crippen LogP contribution in [0.2, 0.25) is 0 Å². The maximum Gasteiger partial charge on any atom is 0.322 e. The van der Waals surface area contributed by atoms with Gasteiger partial charge < -0.3 is 10.1 Å². The molecule has 27 heavy (non-hydrogen) atoms. The number of anilines is 1. The quantitative estimate of drug-likeness (QED) is 0.765. The molecule has 4 rings (SSSR count). The third-order valence-electron chi connectivity index (χ3n) is 4.84. The molecule has 0 unspecified atom stereocenters. The van der Waals surface area contributed by atoms with Gasteiger partial charge in [-0.25, -0.2) is 4.79 Å². The molecule has 2 amide bonds. The first-order chi connectivity index (χ1) is 13.2. The molecular formula is C22H21N3O2. The zero-order chi connectivity index (χ0) is 18.6. The van der Waals surface area contributed by atoms with Crippen molar-refractivity contribution in [2.75, 3.05) is 18.6 Å². The van der Waals surface area contributed by atoms with Gasteiger partial charge in [0.15, 0.2) is 0 Å². The number of amides is 2. The van der Waals surface area contributed by atoms with Crippen LogP contribution in [0.3, 0.4) is 0 Å². The second-order valence-corrected chi connectivity index (χ2v) is 6.49. The van der Waals surface area contributed by atoms with E-state index in [1.807, 2.05) is 47.4 Å². The predicted octanol–water partition coefficient (Wildman–Crippen LogP) is 4.03. The molecule has 0 saturated heterocycles. The second kappa shape index (κ2) is 7.50. The first-order valence-corrected chi connectivity index (χ1v) is 8.96. The van der Waals surface area contributed by atoms with Crippen LogP contribution in [0, 0.1) is 0 Å². The van der Waals surface area contributed by atoms with Crippen LogP contribution in [0.5, 0.6) is 5.75 Å². The van der Waals surface area contributed by atoms with Gasteiger partial charge in [-0.1, -0.05) is 18.2 Å². The molecule has 1 aromatic heterocycles. The topological polar surface area (TPSA) is 54.5 Å². The summed E-state index contributed by atoms with van der Waals surface area (Å²) < 4.78 is 5.16. The monoisotopic (exact) mass is 359 g/mol. The smallest absolute Gasteiger partial charge is 0.322 e. The molecule has 0 bridgehead atoms. The standard InChI is InChI=1S/C22H21N3O2/c1-27-20-5-2-16(3-6-20)15-24-22(26)25-13-10-19-14-18(4-7-21(19)25)17-8-11-23-12-9-17/h2-9,11-12,14H,10,13,15H2,1H3,(H,24,26). The molecule has 5 heteroatoms. The van der Waals surface area contributed by atoms with Crippen molar-refractivity contribution >= 4 is 11.7 Å². The first-order valence-electron chi connectivity index (χ1n) is 8.96. The SMILES string of the molecule is COc1ccc(CNC(=O)N2CCc3cc(-c4ccncc4)ccc32)cc1. The van der Waals surface area contributed by atoms with Gasteiger partial charge in [0.25, 0.3) is 0 Å². The summed E-state index contributed by atoms with van der Waals surface area (Å²) in [5.74, 6) is 0.809. The van der Waals surface area contributed by atoms with E-state index in [4.69, 9.17) is 4.74 Å². The number of hydrogen-bond acceptors (Lipinski definition) is 3. The molecule has 5 nitrogen and oxygen atoms in total. The number of pyridine rings is 1. The van der Waals surface area contributed by atoms with Gasteiger partial charge in [-0.05, 0) is 65.1 Å². The number of fused-ring (bicyclic) bond motifs is 1. The number of urea groups is 1. The largest absolute Gasteiger partial charge is 0.497 e. The molecule has 1 aliphatic heterocycles. The van der Waals surface area contributed by atoms with Crippen molar-refractivity contribution in [3.63, 3.8) is 0 Å². The minimum absolute atomic E-state index is 0.0683. The normalized spacial score (nSPS) is 12.6. The first kappa shape index (κ1) is 17.1. The van der Waals surface area contributed by atoms with Crippen molar-refractivity contribution in [3.8, 4) is 16.9 Å². The molecule has 136 valence electrons. The Morgan fingerprint density at radius 3 is 2.59 bits per heavy atom. The molecular weight excluding hydrogens is 338 g/mol. The average Bonchev–Trinajstić information content (AvgIpc) is 3.16. The Kier molecular flexibility index (Phi) is 4.75. The van der Waals surface area contributed by atoms with Crippen molar-refractivity contribution in [1.29, 1.82) is 0 Å². The zero-order valence-electron chi connectivity index (χ0n) is 15.2. The van der Waals surface area contributed by atoms with E-state index in [1.54, 1.807) is 19.5 Å². The molecule has 0 radical (unpaired) electrons. The number of nitrogens with one attached hydrogen (secondary N) is 1. The highest BCUT2D eigenvalue weighted by atomic mass is 16.5. The van der Waals surface area contributed by atoms with E-state index in [2.05, 4.69) is 22.4 Å². The number of hydrogen-bond donors (Lipinski definition) is 1. The van der Waals surface area contributed by atoms with Crippen LogP contribution < -0.4 is 15.0 Å². The van der Waals surface area contributed by atoms with Gasteiger partial charge in [0.1, 0.15) is 5.75 Å². The molecule has 1 aliphatic rings. The van der Waals surface area contributed by atoms with Gasteiger partial charge in [0.05, 0.1) is 7.11 Å². The second-order valence-electron chi connectivity index (χ2n) is 6.49. The molecule has 0 saturated carbocycles. The lowest BCUT2D eigenvalue weighted by Crippen LogP contribution is -2.38. The molecule has 2 aromatic carbocycles. The lowest BCUT2D eigenvalue weighted by Gasteiger charge is -2.18. The summed E-state index contributed by atoms with van der Waals surface area (Å²) >= 11 is 0. The van der Waals surface area contributed by atoms with E-state index in [9.17, 15) is 4.79 Å². The Bertz CT molecular complexity index is 940. The van der Waals surface area contributed by atoms with Crippen LogP contribution in [-0.4, -0.2) is 24.7 Å². The molecule has 0 spiro atoms. The van der Waals surface area contributed by atoms with Crippen LogP contribution in [0.4, 0.5) is 10.5 Å². The highest BCUT2D eigenvalue weighted by Gasteiger charge is 2.24. The Balaban J connectivity index is 1.44. The predicted molar refractivity (Wildman–Crippen MR) is 106 cm³/mol. The highest BCUT2D eigenvalue weighted by Crippen LogP contribution is 2.32. The lowest BCUT2D eigenvalue weighted by atomic mass is 10.0. The van der Waals surface area contributed by atoms with E-state index >= 15 is 0 Å². The van der Waals surface area contributed by atoms with Crippen LogP contribution in [-0.2, 0) is 13.0 Å². The molecule has 2 heterocycles. The fourth-order valence-corrected chi connectivity index (χ4v) is 3.35. The Morgan fingerprint density at radius 2 is 1.85 bits per heavy atom. The zero-order valence-corrected chi connectivity index (χ0v) is 15.2. The number of nitrogens with zero attached hydrogens (tertiary/aromatic N) is 2. The Labute approximate surface area is 158 Å². The minimum Gasteiger partial charge on any atom is -0.497 e. The third-order valence-corrected chi connectivity index (χ3v) is 4.84. The van der Waals surface area contributed by atoms with Gasteiger partial charge in [-0.3, -0.25) is 9.88 Å². The number of benzene rings is 2. The summed E-state index contributed by atoms with van der Waals surface area (Å²) in [7, 11) is 1.64. The third kappa shape index (κ3) is 3.62. The van der Waals surface area contributed by atoms with Crippen LogP contribution in [0.15, 0.2) is 67.0 Å². The molecule has 0 atom stereocenters. The van der Waals surface area contributed by atoms with E-state index in [1.165, 1.54) is 5.56 Å². The summed E-state index contributed by atoms with van der Waals surface area (Å²) in [4.78, 5) is 18.5. The molecule has 0 aliphatic carbocycles. The number of aromatic nitrogens is 1. The van der Waals surface area contributed by atoms with E-state index in [0.29, 0.717) is 13.1 Å². The maximum absolute atomic E-state index is 12.6. The van der Waals surface area contributed by atoms with Gasteiger partial charge in [0.2, 0.25) is 0 Å². The Morgan fingerprint density at radius 1 is 1.07 bits per heavy atom. The number of carbonyl (C=O) groups is 1. The van der Waals surface area contributed by atoms with Crippen molar-refractivity contribution in [2.24, 2.45) is 0 Å². The summed E-state index contributed by atoms with van der Waals surface area (Å²) in [5, 5.41) is 3.00. The van der Waals surface area contributed by atoms with Crippen molar-refractivity contribution in [1.82, 2.24) is 10.3 Å².